The standard InChI is InChI=1S/C34H54N8O10/c1-4-19(2)27(31(48)36-17-26(44)40-14-8-12-25(40)34(51)52)39-30(47)24-11-6-15-41(24)32(49)20(3)37-28(45)22(18-43)38-29(46)23-10-7-16-42(23)33(50)21-9-5-13-35-21/h19-25,27,35,43H,4-18H2,1-3H3,(H,36,48)(H,37,45)(H,38,46)(H,39,47)(H,51,52)/t19-,20-,21-,22-,23-,24-,25-,27-/m0/s1. The third-order valence-electron chi connectivity index (χ3n) is 10.6. The van der Waals surface area contributed by atoms with Gasteiger partial charge in [0.25, 0.3) is 0 Å². The fourth-order valence-corrected chi connectivity index (χ4v) is 7.44. The number of aliphatic carboxylic acids is 1. The van der Waals surface area contributed by atoms with E-state index in [1.165, 1.54) is 21.6 Å². The van der Waals surface area contributed by atoms with Crippen LogP contribution in [0.15, 0.2) is 0 Å². The van der Waals surface area contributed by atoms with Crippen LogP contribution in [0.2, 0.25) is 0 Å². The predicted octanol–water partition coefficient (Wildman–Crippen LogP) is -2.58. The molecule has 0 aromatic carbocycles. The maximum Gasteiger partial charge on any atom is 0.326 e. The largest absolute Gasteiger partial charge is 0.480 e. The average Bonchev–Trinajstić information content (AvgIpc) is 3.97. The van der Waals surface area contributed by atoms with E-state index in [0.717, 1.165) is 13.0 Å². The minimum absolute atomic E-state index is 0.164. The van der Waals surface area contributed by atoms with Crippen molar-refractivity contribution in [2.75, 3.05) is 39.3 Å². The van der Waals surface area contributed by atoms with Crippen molar-refractivity contribution in [3.8, 4) is 0 Å². The molecule has 290 valence electrons. The first kappa shape index (κ1) is 40.5. The first-order valence-corrected chi connectivity index (χ1v) is 18.4. The topological polar surface area (TPSA) is 247 Å². The van der Waals surface area contributed by atoms with Crippen LogP contribution in [0.1, 0.15) is 78.6 Å². The van der Waals surface area contributed by atoms with Gasteiger partial charge in [-0.2, -0.15) is 0 Å². The first-order chi connectivity index (χ1) is 24.8. The molecule has 0 bridgehead atoms. The van der Waals surface area contributed by atoms with E-state index in [1.54, 1.807) is 6.92 Å². The van der Waals surface area contributed by atoms with Crippen LogP contribution in [0.4, 0.5) is 0 Å². The molecule has 4 aliphatic heterocycles. The van der Waals surface area contributed by atoms with Gasteiger partial charge >= 0.3 is 5.97 Å². The van der Waals surface area contributed by atoms with Crippen molar-refractivity contribution < 1.29 is 48.6 Å². The molecule has 0 saturated carbocycles. The minimum atomic E-state index is -1.38. The second-order valence-corrected chi connectivity index (χ2v) is 14.2. The normalized spacial score (nSPS) is 25.2. The summed E-state index contributed by atoms with van der Waals surface area (Å²) < 4.78 is 0. The molecule has 4 aliphatic rings. The number of carboxylic acids is 1. The Morgan fingerprint density at radius 3 is 1.94 bits per heavy atom. The Morgan fingerprint density at radius 2 is 1.35 bits per heavy atom. The van der Waals surface area contributed by atoms with E-state index in [2.05, 4.69) is 26.6 Å². The Morgan fingerprint density at radius 1 is 0.750 bits per heavy atom. The highest BCUT2D eigenvalue weighted by molar-refractivity contribution is 5.97. The summed E-state index contributed by atoms with van der Waals surface area (Å²) >= 11 is 0. The molecule has 7 amide bonds. The van der Waals surface area contributed by atoms with Crippen LogP contribution < -0.4 is 26.6 Å². The van der Waals surface area contributed by atoms with E-state index < -0.39 is 90.8 Å². The Hall–Kier alpha value is -4.32. The van der Waals surface area contributed by atoms with Gasteiger partial charge in [0, 0.05) is 19.6 Å². The van der Waals surface area contributed by atoms with Gasteiger partial charge in [0.2, 0.25) is 41.4 Å². The summed E-state index contributed by atoms with van der Waals surface area (Å²) in [7, 11) is 0. The van der Waals surface area contributed by atoms with Crippen LogP contribution in [-0.2, 0) is 38.4 Å². The predicted molar refractivity (Wildman–Crippen MR) is 184 cm³/mol. The molecule has 0 aliphatic carbocycles. The van der Waals surface area contributed by atoms with Crippen LogP contribution in [0, 0.1) is 5.92 Å². The molecule has 0 unspecified atom stereocenters. The van der Waals surface area contributed by atoms with E-state index in [-0.39, 0.29) is 31.0 Å². The van der Waals surface area contributed by atoms with Gasteiger partial charge in [-0.15, -0.1) is 0 Å². The Labute approximate surface area is 303 Å². The number of carbonyl (C=O) groups is 8. The van der Waals surface area contributed by atoms with Crippen molar-refractivity contribution in [2.24, 2.45) is 5.92 Å². The van der Waals surface area contributed by atoms with Crippen LogP contribution in [0.5, 0.6) is 0 Å². The summed E-state index contributed by atoms with van der Waals surface area (Å²) in [5.41, 5.74) is 0. The molecule has 0 radical (unpaired) electrons. The molecule has 0 spiro atoms. The molecule has 0 aromatic rings. The fraction of sp³-hybridized carbons (Fsp3) is 0.765. The number of aliphatic hydroxyl groups is 1. The van der Waals surface area contributed by atoms with E-state index in [0.29, 0.717) is 57.9 Å². The number of hydrogen-bond acceptors (Lipinski definition) is 10. The van der Waals surface area contributed by atoms with Crippen LogP contribution >= 0.6 is 0 Å². The second-order valence-electron chi connectivity index (χ2n) is 14.2. The zero-order valence-electron chi connectivity index (χ0n) is 30.2. The molecule has 7 N–H and O–H groups in total. The van der Waals surface area contributed by atoms with E-state index in [4.69, 9.17) is 0 Å². The smallest absolute Gasteiger partial charge is 0.326 e. The van der Waals surface area contributed by atoms with Crippen molar-refractivity contribution in [1.29, 1.82) is 0 Å². The molecule has 0 aromatic heterocycles. The van der Waals surface area contributed by atoms with Gasteiger partial charge < -0.3 is 51.5 Å². The highest BCUT2D eigenvalue weighted by atomic mass is 16.4. The minimum Gasteiger partial charge on any atom is -0.480 e. The third kappa shape index (κ3) is 9.56. The van der Waals surface area contributed by atoms with Gasteiger partial charge in [0.15, 0.2) is 0 Å². The lowest BCUT2D eigenvalue weighted by Crippen LogP contribution is -2.59. The Kier molecular flexibility index (Phi) is 14.3. The number of carboxylic acid groups (broad SMARTS) is 1. The first-order valence-electron chi connectivity index (χ1n) is 18.4. The number of nitrogens with one attached hydrogen (secondary N) is 5. The molecule has 4 fully saturated rings. The van der Waals surface area contributed by atoms with Crippen molar-refractivity contribution in [3.63, 3.8) is 0 Å². The molecule has 4 saturated heterocycles. The van der Waals surface area contributed by atoms with Crippen molar-refractivity contribution in [1.82, 2.24) is 41.3 Å². The molecule has 18 nitrogen and oxygen atoms in total. The van der Waals surface area contributed by atoms with Gasteiger partial charge in [0.1, 0.15) is 36.3 Å². The molecule has 8 atom stereocenters. The number of hydrogen-bond donors (Lipinski definition) is 7. The summed E-state index contributed by atoms with van der Waals surface area (Å²) in [5, 5.41) is 32.8. The Balaban J connectivity index is 1.31. The second kappa shape index (κ2) is 18.4. The summed E-state index contributed by atoms with van der Waals surface area (Å²) in [6, 6.07) is -6.58. The van der Waals surface area contributed by atoms with Crippen LogP contribution in [0.25, 0.3) is 0 Å². The highest BCUT2D eigenvalue weighted by Gasteiger charge is 2.41. The SMILES string of the molecule is CC[C@H](C)[C@H](NC(=O)[C@@H]1CCCN1C(=O)[C@H](C)NC(=O)[C@H](CO)NC(=O)[C@@H]1CCCN1C(=O)[C@@H]1CCCN1)C(=O)NCC(=O)N1CCC[C@H]1C(=O)O. The van der Waals surface area contributed by atoms with Gasteiger partial charge in [-0.05, 0) is 70.8 Å². The van der Waals surface area contributed by atoms with Gasteiger partial charge in [-0.1, -0.05) is 20.3 Å². The zero-order chi connectivity index (χ0) is 38.1. The molecule has 4 rings (SSSR count). The average molecular weight is 735 g/mol. The fourth-order valence-electron chi connectivity index (χ4n) is 7.44. The van der Waals surface area contributed by atoms with E-state index in [9.17, 15) is 48.6 Å². The molecular weight excluding hydrogens is 680 g/mol. The van der Waals surface area contributed by atoms with Crippen LogP contribution in [0.3, 0.4) is 0 Å². The summed E-state index contributed by atoms with van der Waals surface area (Å²) in [4.78, 5) is 108. The lowest BCUT2D eigenvalue weighted by atomic mass is 9.97. The van der Waals surface area contributed by atoms with Gasteiger partial charge in [0.05, 0.1) is 19.2 Å². The maximum atomic E-state index is 13.5. The van der Waals surface area contributed by atoms with E-state index >= 15 is 0 Å². The quantitative estimate of drug-likeness (QED) is 0.0922. The van der Waals surface area contributed by atoms with Crippen molar-refractivity contribution >= 4 is 47.3 Å². The molecule has 4 heterocycles. The number of carbonyl (C=O) groups excluding carboxylic acids is 7. The Bertz CT molecular complexity index is 1370. The highest BCUT2D eigenvalue weighted by Crippen LogP contribution is 2.22. The molecule has 18 heteroatoms. The number of amides is 7. The van der Waals surface area contributed by atoms with Gasteiger partial charge in [-0.25, -0.2) is 4.79 Å². The van der Waals surface area contributed by atoms with E-state index in [1.807, 2.05) is 6.92 Å². The number of likely N-dealkylation sites (tertiary alicyclic amines) is 3. The number of nitrogens with zero attached hydrogens (tertiary/aromatic N) is 3. The lowest BCUT2D eigenvalue weighted by molar-refractivity contribution is -0.148. The summed E-state index contributed by atoms with van der Waals surface area (Å²) in [6.07, 6.45) is 4.76. The maximum absolute atomic E-state index is 13.5. The van der Waals surface area contributed by atoms with Crippen LogP contribution in [-0.4, -0.2) is 154 Å². The zero-order valence-corrected chi connectivity index (χ0v) is 30.2. The summed E-state index contributed by atoms with van der Waals surface area (Å²) in [6.45, 7) is 5.47. The van der Waals surface area contributed by atoms with Gasteiger partial charge in [-0.3, -0.25) is 33.6 Å². The third-order valence-corrected chi connectivity index (χ3v) is 10.6. The van der Waals surface area contributed by atoms with Crippen molar-refractivity contribution in [3.05, 3.63) is 0 Å². The monoisotopic (exact) mass is 734 g/mol. The summed E-state index contributed by atoms with van der Waals surface area (Å²) in [5.74, 6) is -5.30. The molecular formula is C34H54N8O10. The lowest BCUT2D eigenvalue weighted by Gasteiger charge is -2.31. The molecule has 52 heavy (non-hydrogen) atoms. The van der Waals surface area contributed by atoms with Crippen molar-refractivity contribution in [2.45, 2.75) is 121 Å². The number of rotatable bonds is 15. The number of aliphatic hydroxyl groups excluding tert-OH is 1.